The second-order valence-corrected chi connectivity index (χ2v) is 5.69. The van der Waals surface area contributed by atoms with Crippen LogP contribution in [0.3, 0.4) is 0 Å². The summed E-state index contributed by atoms with van der Waals surface area (Å²) in [6.07, 6.45) is 0. The lowest BCUT2D eigenvalue weighted by Crippen LogP contribution is -2.14. The first-order valence-corrected chi connectivity index (χ1v) is 7.18. The number of hydrogen-bond donors (Lipinski definition) is 1. The van der Waals surface area contributed by atoms with Gasteiger partial charge < -0.3 is 5.32 Å². The monoisotopic (exact) mass is 416 g/mol. The second-order valence-electron chi connectivity index (χ2n) is 3.98. The summed E-state index contributed by atoms with van der Waals surface area (Å²) in [5.74, 6) is -1.38. The molecule has 2 aromatic carbocycles. The zero-order chi connectivity index (χ0) is 15.6. The van der Waals surface area contributed by atoms with E-state index < -0.39 is 16.6 Å². The molecule has 1 N–H and O–H groups in total. The Hall–Kier alpha value is -1.80. The summed E-state index contributed by atoms with van der Waals surface area (Å²) >= 11 is 6.03. The number of nitrogens with one attached hydrogen (secondary N) is 1. The van der Waals surface area contributed by atoms with Gasteiger partial charge in [0.15, 0.2) is 0 Å². The maximum atomic E-state index is 13.8. The quantitative estimate of drug-likeness (QED) is 0.589. The fourth-order valence-electron chi connectivity index (χ4n) is 1.61. The van der Waals surface area contributed by atoms with Gasteiger partial charge in [-0.25, -0.2) is 4.39 Å². The van der Waals surface area contributed by atoms with Crippen LogP contribution < -0.4 is 5.32 Å². The van der Waals surface area contributed by atoms with Crippen molar-refractivity contribution in [3.8, 4) is 0 Å². The molecule has 0 aliphatic heterocycles. The predicted octanol–water partition coefficient (Wildman–Crippen LogP) is 4.51. The van der Waals surface area contributed by atoms with Gasteiger partial charge in [0.05, 0.1) is 19.4 Å². The number of anilines is 1. The van der Waals surface area contributed by atoms with Crippen molar-refractivity contribution >= 4 is 49.1 Å². The molecular formula is C13H7Br2FN2O3. The number of halogens is 3. The largest absolute Gasteiger partial charge is 0.322 e. The molecule has 108 valence electrons. The van der Waals surface area contributed by atoms with Crippen molar-refractivity contribution in [2.45, 2.75) is 0 Å². The van der Waals surface area contributed by atoms with Crippen molar-refractivity contribution in [1.82, 2.24) is 0 Å². The lowest BCUT2D eigenvalue weighted by atomic mass is 10.2. The van der Waals surface area contributed by atoms with Crippen molar-refractivity contribution < 1.29 is 14.1 Å². The summed E-state index contributed by atoms with van der Waals surface area (Å²) in [4.78, 5) is 22.2. The first-order valence-electron chi connectivity index (χ1n) is 5.59. The van der Waals surface area contributed by atoms with Gasteiger partial charge in [0.1, 0.15) is 5.82 Å². The minimum absolute atomic E-state index is 0.157. The Bertz CT molecular complexity index is 737. The van der Waals surface area contributed by atoms with Gasteiger partial charge in [0.2, 0.25) is 0 Å². The molecule has 0 atom stereocenters. The summed E-state index contributed by atoms with van der Waals surface area (Å²) in [5, 5.41) is 13.2. The van der Waals surface area contributed by atoms with Crippen LogP contribution in [-0.2, 0) is 0 Å². The van der Waals surface area contributed by atoms with Gasteiger partial charge in [-0.15, -0.1) is 0 Å². The van der Waals surface area contributed by atoms with Gasteiger partial charge in [-0.05, 0) is 56.1 Å². The predicted molar refractivity (Wildman–Crippen MR) is 82.8 cm³/mol. The molecule has 0 radical (unpaired) electrons. The maximum Gasteiger partial charge on any atom is 0.285 e. The number of carbonyl (C=O) groups is 1. The molecule has 0 aliphatic carbocycles. The highest BCUT2D eigenvalue weighted by Gasteiger charge is 2.17. The topological polar surface area (TPSA) is 72.2 Å². The van der Waals surface area contributed by atoms with Crippen LogP contribution in [0.1, 0.15) is 10.4 Å². The minimum Gasteiger partial charge on any atom is -0.322 e. The summed E-state index contributed by atoms with van der Waals surface area (Å²) in [7, 11) is 0. The van der Waals surface area contributed by atoms with Crippen molar-refractivity contribution in [1.29, 1.82) is 0 Å². The van der Waals surface area contributed by atoms with E-state index in [1.165, 1.54) is 36.4 Å². The molecule has 8 heteroatoms. The molecule has 0 spiro atoms. The number of carbonyl (C=O) groups excluding carboxylic acids is 1. The molecule has 2 aromatic rings. The van der Waals surface area contributed by atoms with E-state index in [1.807, 2.05) is 0 Å². The van der Waals surface area contributed by atoms with Gasteiger partial charge in [-0.3, -0.25) is 14.9 Å². The third-order valence-electron chi connectivity index (χ3n) is 2.60. The molecule has 5 nitrogen and oxygen atoms in total. The van der Waals surface area contributed by atoms with Crippen molar-refractivity contribution in [3.63, 3.8) is 0 Å². The summed E-state index contributed by atoms with van der Waals surface area (Å²) in [6.45, 7) is 0. The maximum absolute atomic E-state index is 13.8. The van der Waals surface area contributed by atoms with Gasteiger partial charge in [-0.2, -0.15) is 0 Å². The van der Waals surface area contributed by atoms with E-state index in [-0.39, 0.29) is 21.4 Å². The smallest absolute Gasteiger partial charge is 0.285 e. The van der Waals surface area contributed by atoms with Gasteiger partial charge >= 0.3 is 0 Å². The number of hydrogen-bond acceptors (Lipinski definition) is 3. The number of rotatable bonds is 3. The zero-order valence-electron chi connectivity index (χ0n) is 10.3. The lowest BCUT2D eigenvalue weighted by molar-refractivity contribution is -0.385. The van der Waals surface area contributed by atoms with Gasteiger partial charge in [0.25, 0.3) is 11.6 Å². The molecule has 0 fully saturated rings. The summed E-state index contributed by atoms with van der Waals surface area (Å²) in [5.41, 5.74) is -0.147. The molecule has 2 rings (SSSR count). The summed E-state index contributed by atoms with van der Waals surface area (Å²) < 4.78 is 14.3. The lowest BCUT2D eigenvalue weighted by Gasteiger charge is -2.07. The van der Waals surface area contributed by atoms with E-state index >= 15 is 0 Å². The second kappa shape index (κ2) is 6.31. The van der Waals surface area contributed by atoms with Gasteiger partial charge in [0, 0.05) is 11.8 Å². The van der Waals surface area contributed by atoms with Crippen LogP contribution in [0.2, 0.25) is 0 Å². The Kier molecular flexibility index (Phi) is 4.69. The van der Waals surface area contributed by atoms with Crippen molar-refractivity contribution in [3.05, 3.63) is 66.8 Å². The average molecular weight is 418 g/mol. The molecule has 0 saturated heterocycles. The molecule has 0 unspecified atom stereocenters. The summed E-state index contributed by atoms with van der Waals surface area (Å²) in [6, 6.07) is 8.42. The van der Waals surface area contributed by atoms with E-state index in [4.69, 9.17) is 0 Å². The molecular weight excluding hydrogens is 411 g/mol. The van der Waals surface area contributed by atoms with E-state index in [1.54, 1.807) is 0 Å². The highest BCUT2D eigenvalue weighted by Crippen LogP contribution is 2.28. The number of nitro benzene ring substituents is 1. The van der Waals surface area contributed by atoms with E-state index in [2.05, 4.69) is 37.2 Å². The fourth-order valence-corrected chi connectivity index (χ4v) is 2.37. The van der Waals surface area contributed by atoms with E-state index in [9.17, 15) is 19.3 Å². The number of benzene rings is 2. The van der Waals surface area contributed by atoms with Crippen LogP contribution in [0.5, 0.6) is 0 Å². The third kappa shape index (κ3) is 3.45. The van der Waals surface area contributed by atoms with Crippen LogP contribution >= 0.6 is 31.9 Å². The highest BCUT2D eigenvalue weighted by atomic mass is 79.9. The molecule has 1 amide bonds. The van der Waals surface area contributed by atoms with Crippen molar-refractivity contribution in [2.24, 2.45) is 0 Å². The fraction of sp³-hybridized carbons (Fsp3) is 0. The highest BCUT2D eigenvalue weighted by molar-refractivity contribution is 9.10. The number of nitro groups is 1. The number of amides is 1. The van der Waals surface area contributed by atoms with Gasteiger partial charge in [-0.1, -0.05) is 6.07 Å². The van der Waals surface area contributed by atoms with Crippen LogP contribution in [0, 0.1) is 15.9 Å². The Labute approximate surface area is 135 Å². The Balaban J connectivity index is 2.30. The Morgan fingerprint density at radius 1 is 1.19 bits per heavy atom. The van der Waals surface area contributed by atoms with Crippen LogP contribution in [0.15, 0.2) is 45.3 Å². The standard InChI is InChI=1S/C13H7Br2FN2O3/c14-9-5-4-7(6-11(9)18(20)21)17-13(19)8-2-1-3-10(15)12(8)16/h1-6H,(H,17,19). The van der Waals surface area contributed by atoms with Crippen molar-refractivity contribution in [2.75, 3.05) is 5.32 Å². The van der Waals surface area contributed by atoms with E-state index in [0.717, 1.165) is 0 Å². The Morgan fingerprint density at radius 2 is 1.90 bits per heavy atom. The molecule has 0 aromatic heterocycles. The first kappa shape index (κ1) is 15.6. The average Bonchev–Trinajstić information content (AvgIpc) is 2.43. The normalized spacial score (nSPS) is 10.2. The van der Waals surface area contributed by atoms with Crippen LogP contribution in [-0.4, -0.2) is 10.8 Å². The minimum atomic E-state index is -0.693. The molecule has 0 heterocycles. The molecule has 0 aliphatic rings. The number of nitrogens with zero attached hydrogens (tertiary/aromatic N) is 1. The van der Waals surface area contributed by atoms with E-state index in [0.29, 0.717) is 4.47 Å². The molecule has 21 heavy (non-hydrogen) atoms. The molecule has 0 saturated carbocycles. The third-order valence-corrected chi connectivity index (χ3v) is 3.88. The molecule has 0 bridgehead atoms. The zero-order valence-corrected chi connectivity index (χ0v) is 13.4. The first-order chi connectivity index (χ1) is 9.90. The van der Waals surface area contributed by atoms with Crippen LogP contribution in [0.4, 0.5) is 15.8 Å². The Morgan fingerprint density at radius 3 is 2.57 bits per heavy atom. The SMILES string of the molecule is O=C(Nc1ccc(Br)c([N+](=O)[O-])c1)c1cccc(Br)c1F. The van der Waals surface area contributed by atoms with Crippen LogP contribution in [0.25, 0.3) is 0 Å².